The maximum atomic E-state index is 13.1. The van der Waals surface area contributed by atoms with E-state index in [1.54, 1.807) is 19.2 Å². The van der Waals surface area contributed by atoms with Crippen LogP contribution in [0.15, 0.2) is 54.6 Å². The lowest BCUT2D eigenvalue weighted by molar-refractivity contribution is -0.121. The zero-order valence-electron chi connectivity index (χ0n) is 16.9. The zero-order valence-corrected chi connectivity index (χ0v) is 16.9. The molecule has 4 rings (SSSR count). The molecule has 0 spiro atoms. The maximum Gasteiger partial charge on any atom is 0.224 e. The highest BCUT2D eigenvalue weighted by molar-refractivity contribution is 5.79. The van der Waals surface area contributed by atoms with E-state index >= 15 is 0 Å². The summed E-state index contributed by atoms with van der Waals surface area (Å²) in [4.78, 5) is 14.7. The van der Waals surface area contributed by atoms with Crippen LogP contribution < -0.4 is 15.0 Å². The van der Waals surface area contributed by atoms with Gasteiger partial charge in [0.05, 0.1) is 19.2 Å². The van der Waals surface area contributed by atoms with Crippen molar-refractivity contribution in [3.8, 4) is 17.0 Å². The van der Waals surface area contributed by atoms with E-state index in [-0.39, 0.29) is 17.8 Å². The number of piperidine rings is 1. The second-order valence-electron chi connectivity index (χ2n) is 7.52. The molecule has 1 aromatic heterocycles. The maximum absolute atomic E-state index is 13.1. The van der Waals surface area contributed by atoms with Crippen LogP contribution in [0.1, 0.15) is 18.4 Å². The fourth-order valence-electron chi connectivity index (χ4n) is 3.76. The van der Waals surface area contributed by atoms with Crippen molar-refractivity contribution in [2.24, 2.45) is 0 Å². The number of amides is 1. The first-order valence-electron chi connectivity index (χ1n) is 10.1. The highest BCUT2D eigenvalue weighted by Crippen LogP contribution is 2.24. The molecular weight excluding hydrogens is 383 g/mol. The first-order valence-corrected chi connectivity index (χ1v) is 10.1. The van der Waals surface area contributed by atoms with Crippen LogP contribution in [0, 0.1) is 5.82 Å². The molecule has 1 saturated heterocycles. The van der Waals surface area contributed by atoms with Crippen LogP contribution in [0.3, 0.4) is 0 Å². The number of aromatic amines is 1. The topological polar surface area (TPSA) is 70.2 Å². The summed E-state index contributed by atoms with van der Waals surface area (Å²) in [5.41, 5.74) is 2.68. The van der Waals surface area contributed by atoms with E-state index in [4.69, 9.17) is 4.74 Å². The minimum absolute atomic E-state index is 0.0149. The SMILES string of the molecule is COc1ccc(CC(=O)N[C@@H]2CCCN(c3cc(-c4ccc(F)cc4)[nH]n3)C2)cc1. The van der Waals surface area contributed by atoms with Gasteiger partial charge >= 0.3 is 0 Å². The third kappa shape index (κ3) is 4.79. The van der Waals surface area contributed by atoms with Crippen LogP contribution in [-0.4, -0.2) is 42.3 Å². The van der Waals surface area contributed by atoms with Gasteiger partial charge in [0.2, 0.25) is 5.91 Å². The van der Waals surface area contributed by atoms with Gasteiger partial charge in [-0.3, -0.25) is 9.89 Å². The van der Waals surface area contributed by atoms with E-state index in [1.165, 1.54) is 12.1 Å². The molecule has 2 heterocycles. The Morgan fingerprint density at radius 1 is 1.23 bits per heavy atom. The molecule has 30 heavy (non-hydrogen) atoms. The van der Waals surface area contributed by atoms with Crippen molar-refractivity contribution in [2.75, 3.05) is 25.1 Å². The molecule has 3 aromatic rings. The molecule has 0 unspecified atom stereocenters. The van der Waals surface area contributed by atoms with E-state index in [0.29, 0.717) is 13.0 Å². The molecule has 0 saturated carbocycles. The average molecular weight is 408 g/mol. The van der Waals surface area contributed by atoms with Crippen LogP contribution in [0.25, 0.3) is 11.3 Å². The summed E-state index contributed by atoms with van der Waals surface area (Å²) in [6.45, 7) is 1.60. The molecule has 6 nitrogen and oxygen atoms in total. The van der Waals surface area contributed by atoms with E-state index in [2.05, 4.69) is 20.4 Å². The summed E-state index contributed by atoms with van der Waals surface area (Å²) in [6.07, 6.45) is 2.27. The number of hydrogen-bond donors (Lipinski definition) is 2. The lowest BCUT2D eigenvalue weighted by Crippen LogP contribution is -2.48. The first-order chi connectivity index (χ1) is 14.6. The zero-order chi connectivity index (χ0) is 20.9. The second-order valence-corrected chi connectivity index (χ2v) is 7.52. The highest BCUT2D eigenvalue weighted by Gasteiger charge is 2.23. The fraction of sp³-hybridized carbons (Fsp3) is 0.304. The highest BCUT2D eigenvalue weighted by atomic mass is 19.1. The van der Waals surface area contributed by atoms with Gasteiger partial charge in [0.15, 0.2) is 5.82 Å². The molecule has 0 radical (unpaired) electrons. The number of H-pyrrole nitrogens is 1. The van der Waals surface area contributed by atoms with Crippen LogP contribution >= 0.6 is 0 Å². The Bertz CT molecular complexity index is 985. The lowest BCUT2D eigenvalue weighted by Gasteiger charge is -2.33. The second kappa shape index (κ2) is 8.98. The number of carbonyl (C=O) groups is 1. The van der Waals surface area contributed by atoms with Gasteiger partial charge in [0, 0.05) is 25.2 Å². The van der Waals surface area contributed by atoms with Crippen molar-refractivity contribution < 1.29 is 13.9 Å². The molecule has 156 valence electrons. The van der Waals surface area contributed by atoms with Crippen molar-refractivity contribution in [3.05, 3.63) is 66.0 Å². The number of aromatic nitrogens is 2. The quantitative estimate of drug-likeness (QED) is 0.654. The van der Waals surface area contributed by atoms with Crippen LogP contribution in [0.5, 0.6) is 5.75 Å². The van der Waals surface area contributed by atoms with Crippen molar-refractivity contribution in [2.45, 2.75) is 25.3 Å². The minimum Gasteiger partial charge on any atom is -0.497 e. The van der Waals surface area contributed by atoms with Gasteiger partial charge in [-0.15, -0.1) is 0 Å². The molecule has 2 aromatic carbocycles. The fourth-order valence-corrected chi connectivity index (χ4v) is 3.76. The first kappa shape index (κ1) is 19.9. The molecule has 1 amide bonds. The molecule has 0 bridgehead atoms. The molecular formula is C23H25FN4O2. The number of ether oxygens (including phenoxy) is 1. The largest absolute Gasteiger partial charge is 0.497 e. The molecule has 1 aliphatic heterocycles. The number of rotatable bonds is 6. The number of carbonyl (C=O) groups excluding carboxylic acids is 1. The number of methoxy groups -OCH3 is 1. The Morgan fingerprint density at radius 3 is 2.73 bits per heavy atom. The van der Waals surface area contributed by atoms with Gasteiger partial charge in [-0.05, 0) is 60.4 Å². The van der Waals surface area contributed by atoms with Crippen LogP contribution in [-0.2, 0) is 11.2 Å². The van der Waals surface area contributed by atoms with E-state index in [9.17, 15) is 9.18 Å². The number of halogens is 1. The third-order valence-electron chi connectivity index (χ3n) is 5.35. The van der Waals surface area contributed by atoms with Gasteiger partial charge in [-0.1, -0.05) is 12.1 Å². The number of nitrogens with zero attached hydrogens (tertiary/aromatic N) is 2. The third-order valence-corrected chi connectivity index (χ3v) is 5.35. The number of benzene rings is 2. The Labute approximate surface area is 175 Å². The summed E-state index contributed by atoms with van der Waals surface area (Å²) in [7, 11) is 1.62. The Hall–Kier alpha value is -3.35. The van der Waals surface area contributed by atoms with Crippen LogP contribution in [0.4, 0.5) is 10.2 Å². The van der Waals surface area contributed by atoms with Gasteiger partial charge in [-0.2, -0.15) is 5.10 Å². The normalized spacial score (nSPS) is 16.3. The van der Waals surface area contributed by atoms with Crippen molar-refractivity contribution in [1.29, 1.82) is 0 Å². The van der Waals surface area contributed by atoms with E-state index in [1.807, 2.05) is 30.3 Å². The average Bonchev–Trinajstić information content (AvgIpc) is 3.25. The van der Waals surface area contributed by atoms with Gasteiger partial charge in [-0.25, -0.2) is 4.39 Å². The van der Waals surface area contributed by atoms with E-state index < -0.39 is 0 Å². The van der Waals surface area contributed by atoms with E-state index in [0.717, 1.165) is 47.8 Å². The van der Waals surface area contributed by atoms with Crippen LogP contribution in [0.2, 0.25) is 0 Å². The molecule has 1 fully saturated rings. The monoisotopic (exact) mass is 408 g/mol. The lowest BCUT2D eigenvalue weighted by atomic mass is 10.0. The number of anilines is 1. The Kier molecular flexibility index (Phi) is 5.97. The Balaban J connectivity index is 1.35. The molecule has 2 N–H and O–H groups in total. The summed E-state index contributed by atoms with van der Waals surface area (Å²) >= 11 is 0. The Morgan fingerprint density at radius 2 is 2.00 bits per heavy atom. The molecule has 1 atom stereocenters. The number of hydrogen-bond acceptors (Lipinski definition) is 4. The predicted molar refractivity (Wildman–Crippen MR) is 114 cm³/mol. The predicted octanol–water partition coefficient (Wildman–Crippen LogP) is 3.55. The summed E-state index contributed by atoms with van der Waals surface area (Å²) < 4.78 is 18.3. The van der Waals surface area contributed by atoms with Gasteiger partial charge < -0.3 is 15.0 Å². The van der Waals surface area contributed by atoms with Gasteiger partial charge in [0.25, 0.3) is 0 Å². The van der Waals surface area contributed by atoms with Crippen molar-refractivity contribution in [3.63, 3.8) is 0 Å². The standard InChI is InChI=1S/C23H25FN4O2/c1-30-20-10-4-16(5-11-20)13-23(29)25-19-3-2-12-28(15-19)22-14-21(26-27-22)17-6-8-18(24)9-7-17/h4-11,14,19H,2-3,12-13,15H2,1H3,(H,25,29)(H,26,27)/t19-/m1/s1. The van der Waals surface area contributed by atoms with Gasteiger partial charge in [0.1, 0.15) is 11.6 Å². The van der Waals surface area contributed by atoms with Crippen molar-refractivity contribution in [1.82, 2.24) is 15.5 Å². The smallest absolute Gasteiger partial charge is 0.224 e. The number of nitrogens with one attached hydrogen (secondary N) is 2. The summed E-state index contributed by atoms with van der Waals surface area (Å²) in [6, 6.07) is 15.9. The summed E-state index contributed by atoms with van der Waals surface area (Å²) in [5.74, 6) is 1.37. The molecule has 1 aliphatic rings. The molecule has 7 heteroatoms. The molecule has 0 aliphatic carbocycles. The minimum atomic E-state index is -0.261. The van der Waals surface area contributed by atoms with Crippen molar-refractivity contribution >= 4 is 11.7 Å². The summed E-state index contributed by atoms with van der Waals surface area (Å²) in [5, 5.41) is 10.6.